The fraction of sp³-hybridized carbons (Fsp3) is 0.714. The molecule has 0 fully saturated rings. The van der Waals surface area contributed by atoms with Crippen molar-refractivity contribution in [2.45, 2.75) is 59.3 Å². The van der Waals surface area contributed by atoms with Crippen LogP contribution in [0.1, 0.15) is 57.3 Å². The van der Waals surface area contributed by atoms with Crippen molar-refractivity contribution in [2.24, 2.45) is 5.92 Å². The van der Waals surface area contributed by atoms with Gasteiger partial charge in [0.25, 0.3) is 0 Å². The van der Waals surface area contributed by atoms with Gasteiger partial charge in [-0.2, -0.15) is 0 Å². The van der Waals surface area contributed by atoms with E-state index < -0.39 is 0 Å². The lowest BCUT2D eigenvalue weighted by molar-refractivity contribution is 0.462. The van der Waals surface area contributed by atoms with Gasteiger partial charge in [0.15, 0.2) is 0 Å². The van der Waals surface area contributed by atoms with E-state index in [1.807, 2.05) is 6.92 Å². The molecule has 0 amide bonds. The van der Waals surface area contributed by atoms with Crippen molar-refractivity contribution in [3.05, 3.63) is 23.8 Å². The molecular formula is C14H24N2. The average molecular weight is 220 g/mol. The van der Waals surface area contributed by atoms with Gasteiger partial charge in [0.05, 0.1) is 0 Å². The number of aryl methyl sites for hydroxylation is 2. The molecule has 2 heteroatoms. The van der Waals surface area contributed by atoms with Gasteiger partial charge >= 0.3 is 0 Å². The summed E-state index contributed by atoms with van der Waals surface area (Å²) in [4.78, 5) is 8.41. The SMILES string of the molecule is CCCCCC(C)CCc1cc(C)ncn1. The highest BCUT2D eigenvalue weighted by molar-refractivity contribution is 5.06. The molecule has 1 aromatic heterocycles. The molecular weight excluding hydrogens is 196 g/mol. The topological polar surface area (TPSA) is 25.8 Å². The summed E-state index contributed by atoms with van der Waals surface area (Å²) in [6, 6.07) is 2.10. The fourth-order valence-electron chi connectivity index (χ4n) is 1.93. The van der Waals surface area contributed by atoms with Gasteiger partial charge in [0.2, 0.25) is 0 Å². The first kappa shape index (κ1) is 13.1. The van der Waals surface area contributed by atoms with Gasteiger partial charge in [-0.25, -0.2) is 9.97 Å². The first-order valence-corrected chi connectivity index (χ1v) is 6.50. The van der Waals surface area contributed by atoms with E-state index in [4.69, 9.17) is 0 Å². The zero-order chi connectivity index (χ0) is 11.8. The minimum Gasteiger partial charge on any atom is -0.242 e. The number of aromatic nitrogens is 2. The molecule has 0 radical (unpaired) electrons. The van der Waals surface area contributed by atoms with Gasteiger partial charge < -0.3 is 0 Å². The summed E-state index contributed by atoms with van der Waals surface area (Å²) in [5.41, 5.74) is 2.26. The average Bonchev–Trinajstić information content (AvgIpc) is 2.27. The molecule has 0 N–H and O–H groups in total. The van der Waals surface area contributed by atoms with Gasteiger partial charge in [-0.1, -0.05) is 39.5 Å². The maximum atomic E-state index is 4.30. The number of nitrogens with zero attached hydrogens (tertiary/aromatic N) is 2. The van der Waals surface area contributed by atoms with Crippen LogP contribution in [0, 0.1) is 12.8 Å². The van der Waals surface area contributed by atoms with Gasteiger partial charge in [0.1, 0.15) is 6.33 Å². The third-order valence-electron chi connectivity index (χ3n) is 3.05. The Labute approximate surface area is 99.5 Å². The Morgan fingerprint density at radius 1 is 1.19 bits per heavy atom. The van der Waals surface area contributed by atoms with Crippen LogP contribution in [0.2, 0.25) is 0 Å². The summed E-state index contributed by atoms with van der Waals surface area (Å²) in [5, 5.41) is 0. The molecule has 0 aliphatic rings. The Morgan fingerprint density at radius 2 is 2.00 bits per heavy atom. The predicted molar refractivity (Wildman–Crippen MR) is 68.4 cm³/mol. The molecule has 16 heavy (non-hydrogen) atoms. The van der Waals surface area contributed by atoms with E-state index in [1.165, 1.54) is 37.8 Å². The molecule has 1 unspecified atom stereocenters. The van der Waals surface area contributed by atoms with Crippen LogP contribution in [0.25, 0.3) is 0 Å². The zero-order valence-corrected chi connectivity index (χ0v) is 10.9. The van der Waals surface area contributed by atoms with Gasteiger partial charge in [-0.3, -0.25) is 0 Å². The van der Waals surface area contributed by atoms with Crippen LogP contribution in [0.15, 0.2) is 12.4 Å². The molecule has 0 aliphatic heterocycles. The molecule has 1 heterocycles. The minimum absolute atomic E-state index is 0.821. The number of hydrogen-bond donors (Lipinski definition) is 0. The van der Waals surface area contributed by atoms with E-state index >= 15 is 0 Å². The highest BCUT2D eigenvalue weighted by Gasteiger charge is 2.03. The highest BCUT2D eigenvalue weighted by Crippen LogP contribution is 2.15. The summed E-state index contributed by atoms with van der Waals surface area (Å²) in [6.07, 6.45) is 9.44. The lowest BCUT2D eigenvalue weighted by atomic mass is 9.97. The van der Waals surface area contributed by atoms with Gasteiger partial charge in [-0.15, -0.1) is 0 Å². The lowest BCUT2D eigenvalue weighted by Gasteiger charge is -2.10. The second kappa shape index (κ2) is 7.37. The Balaban J connectivity index is 2.23. The van der Waals surface area contributed by atoms with E-state index in [2.05, 4.69) is 29.9 Å². The third kappa shape index (κ3) is 5.24. The van der Waals surface area contributed by atoms with Crippen molar-refractivity contribution >= 4 is 0 Å². The molecule has 1 atom stereocenters. The molecule has 2 nitrogen and oxygen atoms in total. The van der Waals surface area contributed by atoms with Crippen LogP contribution in [0.5, 0.6) is 0 Å². The summed E-state index contributed by atoms with van der Waals surface area (Å²) in [5.74, 6) is 0.821. The van der Waals surface area contributed by atoms with Gasteiger partial charge in [-0.05, 0) is 31.7 Å². The van der Waals surface area contributed by atoms with E-state index in [0.717, 1.165) is 18.0 Å². The van der Waals surface area contributed by atoms with Crippen molar-refractivity contribution in [1.82, 2.24) is 9.97 Å². The number of unbranched alkanes of at least 4 members (excludes halogenated alkanes) is 2. The maximum Gasteiger partial charge on any atom is 0.115 e. The summed E-state index contributed by atoms with van der Waals surface area (Å²) in [6.45, 7) is 6.63. The molecule has 0 aliphatic carbocycles. The van der Waals surface area contributed by atoms with Crippen LogP contribution >= 0.6 is 0 Å². The second-order valence-electron chi connectivity index (χ2n) is 4.79. The van der Waals surface area contributed by atoms with E-state index in [0.29, 0.717) is 0 Å². The molecule has 90 valence electrons. The summed E-state index contributed by atoms with van der Waals surface area (Å²) < 4.78 is 0. The van der Waals surface area contributed by atoms with Crippen molar-refractivity contribution in [3.8, 4) is 0 Å². The normalized spacial score (nSPS) is 12.7. The van der Waals surface area contributed by atoms with Gasteiger partial charge in [0, 0.05) is 11.4 Å². The van der Waals surface area contributed by atoms with Crippen molar-refractivity contribution in [2.75, 3.05) is 0 Å². The molecule has 0 spiro atoms. The summed E-state index contributed by atoms with van der Waals surface area (Å²) >= 11 is 0. The molecule has 1 aromatic rings. The Hall–Kier alpha value is -0.920. The first-order valence-electron chi connectivity index (χ1n) is 6.50. The molecule has 0 saturated carbocycles. The van der Waals surface area contributed by atoms with Crippen molar-refractivity contribution < 1.29 is 0 Å². The number of rotatable bonds is 7. The quantitative estimate of drug-likeness (QED) is 0.651. The maximum absolute atomic E-state index is 4.30. The molecule has 1 rings (SSSR count). The van der Waals surface area contributed by atoms with Crippen molar-refractivity contribution in [3.63, 3.8) is 0 Å². The highest BCUT2D eigenvalue weighted by atomic mass is 14.8. The molecule has 0 saturated heterocycles. The third-order valence-corrected chi connectivity index (χ3v) is 3.05. The fourth-order valence-corrected chi connectivity index (χ4v) is 1.93. The molecule has 0 bridgehead atoms. The van der Waals surface area contributed by atoms with Crippen molar-refractivity contribution in [1.29, 1.82) is 0 Å². The standard InChI is InChI=1S/C14H24N2/c1-4-5-6-7-12(2)8-9-14-10-13(3)15-11-16-14/h10-12H,4-9H2,1-3H3. The first-order chi connectivity index (χ1) is 7.72. The van der Waals surface area contributed by atoms with E-state index in [1.54, 1.807) is 6.33 Å². The van der Waals surface area contributed by atoms with Crippen LogP contribution in [0.4, 0.5) is 0 Å². The number of hydrogen-bond acceptors (Lipinski definition) is 2. The Bertz CT molecular complexity index is 297. The minimum atomic E-state index is 0.821. The van der Waals surface area contributed by atoms with Crippen LogP contribution in [-0.2, 0) is 6.42 Å². The zero-order valence-electron chi connectivity index (χ0n) is 10.9. The van der Waals surface area contributed by atoms with Crippen LogP contribution in [0.3, 0.4) is 0 Å². The van der Waals surface area contributed by atoms with E-state index in [-0.39, 0.29) is 0 Å². The van der Waals surface area contributed by atoms with Crippen LogP contribution in [-0.4, -0.2) is 9.97 Å². The Morgan fingerprint density at radius 3 is 2.69 bits per heavy atom. The Kier molecular flexibility index (Phi) is 6.05. The monoisotopic (exact) mass is 220 g/mol. The smallest absolute Gasteiger partial charge is 0.115 e. The largest absolute Gasteiger partial charge is 0.242 e. The molecule has 0 aromatic carbocycles. The van der Waals surface area contributed by atoms with E-state index in [9.17, 15) is 0 Å². The van der Waals surface area contributed by atoms with Crippen LogP contribution < -0.4 is 0 Å². The lowest BCUT2D eigenvalue weighted by Crippen LogP contribution is -2.00. The predicted octanol–water partition coefficient (Wildman–Crippen LogP) is 3.93. The second-order valence-corrected chi connectivity index (χ2v) is 4.79. The summed E-state index contributed by atoms with van der Waals surface area (Å²) in [7, 11) is 0.